The number of carbonyl (C=O) groups is 3. The molecule has 1 aromatic carbocycles. The Morgan fingerprint density at radius 2 is 1.67 bits per heavy atom. The van der Waals surface area contributed by atoms with Gasteiger partial charge in [-0.05, 0) is 19.1 Å². The topological polar surface area (TPSA) is 127 Å². The number of nitrogens with two attached hydrogens (primary N) is 2. The van der Waals surface area contributed by atoms with Gasteiger partial charge in [0.1, 0.15) is 0 Å². The van der Waals surface area contributed by atoms with Gasteiger partial charge in [-0.15, -0.1) is 0 Å². The van der Waals surface area contributed by atoms with E-state index in [4.69, 9.17) is 11.5 Å². The first-order chi connectivity index (χ1) is 9.90. The van der Waals surface area contributed by atoms with Crippen molar-refractivity contribution in [1.82, 2.24) is 10.6 Å². The summed E-state index contributed by atoms with van der Waals surface area (Å²) < 4.78 is 0. The van der Waals surface area contributed by atoms with Crippen molar-refractivity contribution in [3.8, 4) is 0 Å². The van der Waals surface area contributed by atoms with E-state index in [1.165, 1.54) is 0 Å². The lowest BCUT2D eigenvalue weighted by Crippen LogP contribution is -2.45. The molecule has 0 spiro atoms. The molecule has 1 atom stereocenters. The maximum atomic E-state index is 11.8. The largest absolute Gasteiger partial charge is 0.370 e. The van der Waals surface area contributed by atoms with Crippen molar-refractivity contribution in [1.29, 1.82) is 0 Å². The lowest BCUT2D eigenvalue weighted by atomic mass is 10.1. The molecule has 0 bridgehead atoms. The third kappa shape index (κ3) is 6.05. The van der Waals surface area contributed by atoms with Crippen LogP contribution in [0.5, 0.6) is 0 Å². The standard InChI is InChI=1S/C14H20N4O3/c1-9-2-4-10(5-3-9)13(20)17-6-7-18-14(21)11(15)8-12(16)19/h2-5,11H,6-8,15H2,1H3,(H2,16,19)(H,17,20)(H,18,21). The predicted octanol–water partition coefficient (Wildman–Crippen LogP) is -0.956. The number of rotatable bonds is 7. The number of nitrogens with one attached hydrogen (secondary N) is 2. The highest BCUT2D eigenvalue weighted by Gasteiger charge is 2.15. The smallest absolute Gasteiger partial charge is 0.251 e. The molecule has 114 valence electrons. The average molecular weight is 292 g/mol. The van der Waals surface area contributed by atoms with Crippen LogP contribution in [0.2, 0.25) is 0 Å². The molecule has 1 aromatic rings. The molecule has 0 radical (unpaired) electrons. The number of hydrogen-bond acceptors (Lipinski definition) is 4. The van der Waals surface area contributed by atoms with Crippen molar-refractivity contribution in [3.63, 3.8) is 0 Å². The van der Waals surface area contributed by atoms with Crippen LogP contribution in [0.25, 0.3) is 0 Å². The minimum absolute atomic E-state index is 0.207. The molecule has 1 rings (SSSR count). The minimum atomic E-state index is -0.963. The summed E-state index contributed by atoms with van der Waals surface area (Å²) >= 11 is 0. The van der Waals surface area contributed by atoms with E-state index in [1.54, 1.807) is 12.1 Å². The van der Waals surface area contributed by atoms with Gasteiger partial charge in [-0.2, -0.15) is 0 Å². The third-order valence-electron chi connectivity index (χ3n) is 2.78. The van der Waals surface area contributed by atoms with Crippen LogP contribution in [0.4, 0.5) is 0 Å². The van der Waals surface area contributed by atoms with Crippen LogP contribution in [-0.4, -0.2) is 36.9 Å². The molecule has 0 heterocycles. The Bertz CT molecular complexity index is 513. The van der Waals surface area contributed by atoms with Crippen molar-refractivity contribution in [2.45, 2.75) is 19.4 Å². The molecule has 7 heteroatoms. The van der Waals surface area contributed by atoms with E-state index < -0.39 is 17.9 Å². The van der Waals surface area contributed by atoms with Gasteiger partial charge >= 0.3 is 0 Å². The number of benzene rings is 1. The molecule has 3 amide bonds. The Kier molecular flexibility index (Phi) is 6.35. The summed E-state index contributed by atoms with van der Waals surface area (Å²) in [4.78, 5) is 33.9. The Morgan fingerprint density at radius 3 is 2.24 bits per heavy atom. The highest BCUT2D eigenvalue weighted by atomic mass is 16.2. The molecular weight excluding hydrogens is 272 g/mol. The van der Waals surface area contributed by atoms with Crippen LogP contribution < -0.4 is 22.1 Å². The summed E-state index contributed by atoms with van der Waals surface area (Å²) in [6.45, 7) is 2.43. The third-order valence-corrected chi connectivity index (χ3v) is 2.78. The van der Waals surface area contributed by atoms with Crippen LogP contribution in [-0.2, 0) is 9.59 Å². The fraction of sp³-hybridized carbons (Fsp3) is 0.357. The molecule has 0 aliphatic rings. The Hall–Kier alpha value is -2.41. The van der Waals surface area contributed by atoms with E-state index in [0.717, 1.165) is 5.56 Å². The van der Waals surface area contributed by atoms with Gasteiger partial charge in [0, 0.05) is 18.7 Å². The minimum Gasteiger partial charge on any atom is -0.370 e. The maximum absolute atomic E-state index is 11.8. The Morgan fingerprint density at radius 1 is 1.10 bits per heavy atom. The molecule has 0 aliphatic carbocycles. The summed E-state index contributed by atoms with van der Waals surface area (Å²) in [7, 11) is 0. The molecular formula is C14H20N4O3. The number of hydrogen-bond donors (Lipinski definition) is 4. The Labute approximate surface area is 123 Å². The van der Waals surface area contributed by atoms with Crippen molar-refractivity contribution in [2.75, 3.05) is 13.1 Å². The van der Waals surface area contributed by atoms with Gasteiger partial charge in [0.2, 0.25) is 11.8 Å². The van der Waals surface area contributed by atoms with Crippen LogP contribution in [0.1, 0.15) is 22.3 Å². The van der Waals surface area contributed by atoms with E-state index in [0.29, 0.717) is 5.56 Å². The normalized spacial score (nSPS) is 11.5. The lowest BCUT2D eigenvalue weighted by Gasteiger charge is -2.11. The zero-order chi connectivity index (χ0) is 15.8. The molecule has 0 fully saturated rings. The van der Waals surface area contributed by atoms with Crippen molar-refractivity contribution < 1.29 is 14.4 Å². The summed E-state index contributed by atoms with van der Waals surface area (Å²) in [5.41, 5.74) is 12.0. The first kappa shape index (κ1) is 16.6. The van der Waals surface area contributed by atoms with Crippen LogP contribution >= 0.6 is 0 Å². The molecule has 0 aliphatic heterocycles. The summed E-state index contributed by atoms with van der Waals surface area (Å²) in [5, 5.41) is 5.18. The van der Waals surface area contributed by atoms with Gasteiger partial charge in [-0.25, -0.2) is 0 Å². The molecule has 1 unspecified atom stereocenters. The number of amides is 3. The van der Waals surface area contributed by atoms with Gasteiger partial charge in [0.15, 0.2) is 0 Å². The molecule has 7 nitrogen and oxygen atoms in total. The van der Waals surface area contributed by atoms with Crippen LogP contribution in [0, 0.1) is 6.92 Å². The van der Waals surface area contributed by atoms with Gasteiger partial charge in [-0.1, -0.05) is 17.7 Å². The van der Waals surface area contributed by atoms with E-state index in [9.17, 15) is 14.4 Å². The van der Waals surface area contributed by atoms with Crippen molar-refractivity contribution in [3.05, 3.63) is 35.4 Å². The summed E-state index contributed by atoms with van der Waals surface area (Å²) in [6.07, 6.45) is -0.207. The fourth-order valence-corrected chi connectivity index (χ4v) is 1.61. The fourth-order valence-electron chi connectivity index (χ4n) is 1.61. The second-order valence-corrected chi connectivity index (χ2v) is 4.69. The molecule has 0 saturated carbocycles. The highest BCUT2D eigenvalue weighted by Crippen LogP contribution is 2.02. The highest BCUT2D eigenvalue weighted by molar-refractivity contribution is 5.94. The number of aryl methyl sites for hydroxylation is 1. The second kappa shape index (κ2) is 8.01. The zero-order valence-corrected chi connectivity index (χ0v) is 11.9. The SMILES string of the molecule is Cc1ccc(C(=O)NCCNC(=O)C(N)CC(N)=O)cc1. The molecule has 0 saturated heterocycles. The second-order valence-electron chi connectivity index (χ2n) is 4.69. The summed E-state index contributed by atoms with van der Waals surface area (Å²) in [5.74, 6) is -1.32. The van der Waals surface area contributed by atoms with E-state index >= 15 is 0 Å². The Balaban J connectivity index is 2.27. The van der Waals surface area contributed by atoms with E-state index in [2.05, 4.69) is 10.6 Å². The first-order valence-corrected chi connectivity index (χ1v) is 6.56. The molecule has 0 aromatic heterocycles. The molecule has 6 N–H and O–H groups in total. The van der Waals surface area contributed by atoms with Crippen molar-refractivity contribution >= 4 is 17.7 Å². The van der Waals surface area contributed by atoms with Crippen LogP contribution in [0.3, 0.4) is 0 Å². The average Bonchev–Trinajstić information content (AvgIpc) is 2.43. The molecule has 21 heavy (non-hydrogen) atoms. The van der Waals surface area contributed by atoms with Crippen LogP contribution in [0.15, 0.2) is 24.3 Å². The lowest BCUT2D eigenvalue weighted by molar-refractivity contribution is -0.126. The van der Waals surface area contributed by atoms with Crippen molar-refractivity contribution in [2.24, 2.45) is 11.5 Å². The number of carbonyl (C=O) groups excluding carboxylic acids is 3. The summed E-state index contributed by atoms with van der Waals surface area (Å²) in [6, 6.07) is 6.19. The predicted molar refractivity (Wildman–Crippen MR) is 78.3 cm³/mol. The zero-order valence-electron chi connectivity index (χ0n) is 11.9. The monoisotopic (exact) mass is 292 g/mol. The van der Waals surface area contributed by atoms with Gasteiger partial charge < -0.3 is 22.1 Å². The van der Waals surface area contributed by atoms with Gasteiger partial charge in [-0.3, -0.25) is 14.4 Å². The van der Waals surface area contributed by atoms with E-state index in [1.807, 2.05) is 19.1 Å². The van der Waals surface area contributed by atoms with E-state index in [-0.39, 0.29) is 25.4 Å². The first-order valence-electron chi connectivity index (χ1n) is 6.56. The number of primary amides is 1. The maximum Gasteiger partial charge on any atom is 0.251 e. The van der Waals surface area contributed by atoms with Gasteiger partial charge in [0.05, 0.1) is 12.5 Å². The van der Waals surface area contributed by atoms with Gasteiger partial charge in [0.25, 0.3) is 5.91 Å². The quantitative estimate of drug-likeness (QED) is 0.483.